The molecule has 1 aliphatic rings. The number of esters is 1. The number of ether oxygens (including phenoxy) is 4. The molecule has 22 heavy (non-hydrogen) atoms. The van der Waals surface area contributed by atoms with Crippen LogP contribution in [0.4, 0.5) is 4.39 Å². The van der Waals surface area contributed by atoms with E-state index in [0.29, 0.717) is 6.61 Å². The number of carbonyl (C=O) groups is 1. The maximum absolute atomic E-state index is 14.0. The highest BCUT2D eigenvalue weighted by molar-refractivity contribution is 9.10. The maximum atomic E-state index is 14.0. The highest BCUT2D eigenvalue weighted by Crippen LogP contribution is 2.26. The highest BCUT2D eigenvalue weighted by Gasteiger charge is 2.19. The van der Waals surface area contributed by atoms with Crippen LogP contribution in [0.2, 0.25) is 0 Å². The molecule has 1 unspecified atom stereocenters. The van der Waals surface area contributed by atoms with Gasteiger partial charge >= 0.3 is 5.97 Å². The summed E-state index contributed by atoms with van der Waals surface area (Å²) in [5, 5.41) is 0. The molecule has 0 saturated carbocycles. The third-order valence-corrected chi connectivity index (χ3v) is 3.87. The standard InChI is InChI=1S/C14H17BrFNO5/c1-19-14(18)9-8-17-13(12(16)11(9)15)22-7-6-21-10-4-2-3-5-20-10/h8,10H,2-7H2,1H3. The van der Waals surface area contributed by atoms with E-state index in [0.717, 1.165) is 19.3 Å². The zero-order valence-corrected chi connectivity index (χ0v) is 13.7. The van der Waals surface area contributed by atoms with Gasteiger partial charge in [0, 0.05) is 12.8 Å². The van der Waals surface area contributed by atoms with Gasteiger partial charge in [-0.1, -0.05) is 0 Å². The van der Waals surface area contributed by atoms with Crippen molar-refractivity contribution in [1.29, 1.82) is 0 Å². The van der Waals surface area contributed by atoms with Gasteiger partial charge in [-0.2, -0.15) is 4.39 Å². The average molecular weight is 378 g/mol. The minimum atomic E-state index is -0.753. The number of hydrogen-bond donors (Lipinski definition) is 0. The Bertz CT molecular complexity index is 522. The van der Waals surface area contributed by atoms with E-state index in [1.165, 1.54) is 13.3 Å². The van der Waals surface area contributed by atoms with Gasteiger partial charge in [0.1, 0.15) is 6.61 Å². The number of pyridine rings is 1. The lowest BCUT2D eigenvalue weighted by molar-refractivity contribution is -0.165. The molecule has 1 aromatic rings. The molecule has 0 aliphatic carbocycles. The van der Waals surface area contributed by atoms with Gasteiger partial charge in [0.25, 0.3) is 5.88 Å². The van der Waals surface area contributed by atoms with Crippen molar-refractivity contribution in [2.45, 2.75) is 25.6 Å². The molecule has 0 spiro atoms. The maximum Gasteiger partial charge on any atom is 0.340 e. The van der Waals surface area contributed by atoms with Crippen molar-refractivity contribution in [1.82, 2.24) is 4.98 Å². The van der Waals surface area contributed by atoms with Crippen molar-refractivity contribution in [3.63, 3.8) is 0 Å². The second-order valence-electron chi connectivity index (χ2n) is 4.61. The van der Waals surface area contributed by atoms with Crippen LogP contribution in [0.1, 0.15) is 29.6 Å². The van der Waals surface area contributed by atoms with Crippen LogP contribution in [-0.4, -0.2) is 44.2 Å². The molecule has 1 fully saturated rings. The SMILES string of the molecule is COC(=O)c1cnc(OCCOC2CCCCO2)c(F)c1Br. The molecular formula is C14H17BrFNO5. The van der Waals surface area contributed by atoms with Crippen LogP contribution in [0.3, 0.4) is 0 Å². The first-order valence-corrected chi connectivity index (χ1v) is 7.71. The fourth-order valence-corrected chi connectivity index (χ4v) is 2.40. The van der Waals surface area contributed by atoms with Crippen LogP contribution >= 0.6 is 15.9 Å². The minimum Gasteiger partial charge on any atom is -0.473 e. The highest BCUT2D eigenvalue weighted by atomic mass is 79.9. The van der Waals surface area contributed by atoms with E-state index in [9.17, 15) is 9.18 Å². The van der Waals surface area contributed by atoms with Gasteiger partial charge in [0.05, 0.1) is 23.8 Å². The molecule has 2 rings (SSSR count). The van der Waals surface area contributed by atoms with Crippen LogP contribution < -0.4 is 4.74 Å². The van der Waals surface area contributed by atoms with E-state index in [4.69, 9.17) is 14.2 Å². The fraction of sp³-hybridized carbons (Fsp3) is 0.571. The Morgan fingerprint density at radius 2 is 2.32 bits per heavy atom. The van der Waals surface area contributed by atoms with Crippen molar-refractivity contribution in [2.75, 3.05) is 26.9 Å². The Kier molecular flexibility index (Phi) is 6.53. The fourth-order valence-electron chi connectivity index (χ4n) is 1.96. The normalized spacial score (nSPS) is 18.0. The van der Waals surface area contributed by atoms with Crippen molar-refractivity contribution in [3.05, 3.63) is 22.1 Å². The third kappa shape index (κ3) is 4.37. The van der Waals surface area contributed by atoms with Crippen molar-refractivity contribution in [2.24, 2.45) is 0 Å². The summed E-state index contributed by atoms with van der Waals surface area (Å²) in [6, 6.07) is 0. The number of halogens is 2. The molecule has 1 saturated heterocycles. The molecule has 0 bridgehead atoms. The molecule has 2 heterocycles. The lowest BCUT2D eigenvalue weighted by Gasteiger charge is -2.22. The van der Waals surface area contributed by atoms with E-state index in [1.54, 1.807) is 0 Å². The number of aromatic nitrogens is 1. The second-order valence-corrected chi connectivity index (χ2v) is 5.40. The van der Waals surface area contributed by atoms with Gasteiger partial charge in [-0.25, -0.2) is 9.78 Å². The summed E-state index contributed by atoms with van der Waals surface area (Å²) in [5.74, 6) is -1.63. The Labute approximate surface area is 136 Å². The molecule has 1 aromatic heterocycles. The summed E-state index contributed by atoms with van der Waals surface area (Å²) >= 11 is 3.00. The minimum absolute atomic E-state index is 0.000736. The third-order valence-electron chi connectivity index (χ3n) is 3.10. The Morgan fingerprint density at radius 1 is 1.50 bits per heavy atom. The van der Waals surface area contributed by atoms with Crippen LogP contribution in [-0.2, 0) is 14.2 Å². The predicted molar refractivity (Wildman–Crippen MR) is 78.3 cm³/mol. The van der Waals surface area contributed by atoms with E-state index in [2.05, 4.69) is 25.7 Å². The number of methoxy groups -OCH3 is 1. The molecule has 1 aliphatic heterocycles. The quantitative estimate of drug-likeness (QED) is 0.560. The molecule has 122 valence electrons. The summed E-state index contributed by atoms with van der Waals surface area (Å²) in [6.45, 7) is 1.10. The molecule has 6 nitrogen and oxygen atoms in total. The summed E-state index contributed by atoms with van der Waals surface area (Å²) in [5.41, 5.74) is -0.000736. The Balaban J connectivity index is 1.85. The van der Waals surface area contributed by atoms with Crippen LogP contribution in [0.25, 0.3) is 0 Å². The number of nitrogens with zero attached hydrogens (tertiary/aromatic N) is 1. The summed E-state index contributed by atoms with van der Waals surface area (Å²) in [6.07, 6.45) is 3.95. The second kappa shape index (κ2) is 8.40. The van der Waals surface area contributed by atoms with Crippen molar-refractivity contribution in [3.8, 4) is 5.88 Å². The van der Waals surface area contributed by atoms with Gasteiger partial charge in [-0.05, 0) is 35.2 Å². The largest absolute Gasteiger partial charge is 0.473 e. The lowest BCUT2D eigenvalue weighted by Crippen LogP contribution is -2.24. The molecule has 0 aromatic carbocycles. The van der Waals surface area contributed by atoms with Crippen molar-refractivity contribution >= 4 is 21.9 Å². The summed E-state index contributed by atoms with van der Waals surface area (Å²) < 4.78 is 34.6. The first-order valence-electron chi connectivity index (χ1n) is 6.91. The average Bonchev–Trinajstić information content (AvgIpc) is 2.55. The van der Waals surface area contributed by atoms with Gasteiger partial charge in [-0.3, -0.25) is 0 Å². The molecule has 1 atom stereocenters. The van der Waals surface area contributed by atoms with Crippen molar-refractivity contribution < 1.29 is 28.1 Å². The summed E-state index contributed by atoms with van der Waals surface area (Å²) in [4.78, 5) is 15.2. The molecule has 0 amide bonds. The summed E-state index contributed by atoms with van der Waals surface area (Å²) in [7, 11) is 1.21. The number of hydrogen-bond acceptors (Lipinski definition) is 6. The molecule has 8 heteroatoms. The Hall–Kier alpha value is -1.25. The predicted octanol–water partition coefficient (Wildman–Crippen LogP) is 2.69. The first-order chi connectivity index (χ1) is 10.6. The van der Waals surface area contributed by atoms with E-state index < -0.39 is 11.8 Å². The molecular weight excluding hydrogens is 361 g/mol. The monoisotopic (exact) mass is 377 g/mol. The topological polar surface area (TPSA) is 66.9 Å². The van der Waals surface area contributed by atoms with E-state index in [1.807, 2.05) is 0 Å². The van der Waals surface area contributed by atoms with Gasteiger partial charge in [0.15, 0.2) is 12.1 Å². The number of rotatable bonds is 6. The van der Waals surface area contributed by atoms with Gasteiger partial charge < -0.3 is 18.9 Å². The molecule has 0 N–H and O–H groups in total. The van der Waals surface area contributed by atoms with Crippen LogP contribution in [0.15, 0.2) is 10.7 Å². The van der Waals surface area contributed by atoms with Crippen LogP contribution in [0.5, 0.6) is 5.88 Å². The molecule has 0 radical (unpaired) electrons. The van der Waals surface area contributed by atoms with E-state index >= 15 is 0 Å². The van der Waals surface area contributed by atoms with Crippen LogP contribution in [0, 0.1) is 5.82 Å². The first kappa shape index (κ1) is 17.1. The van der Waals surface area contributed by atoms with E-state index in [-0.39, 0.29) is 35.4 Å². The zero-order valence-electron chi connectivity index (χ0n) is 12.1. The number of carbonyl (C=O) groups excluding carboxylic acids is 1. The van der Waals surface area contributed by atoms with Gasteiger partial charge in [-0.15, -0.1) is 0 Å². The lowest BCUT2D eigenvalue weighted by atomic mass is 10.2. The smallest absolute Gasteiger partial charge is 0.340 e. The Morgan fingerprint density at radius 3 is 3.00 bits per heavy atom. The van der Waals surface area contributed by atoms with Gasteiger partial charge in [0.2, 0.25) is 0 Å². The zero-order chi connectivity index (χ0) is 15.9.